The van der Waals surface area contributed by atoms with Crippen molar-refractivity contribution >= 4 is 29.1 Å². The molecule has 1 fully saturated rings. The first-order chi connectivity index (χ1) is 12.5. The normalized spacial score (nSPS) is 16.2. The lowest BCUT2D eigenvalue weighted by Crippen LogP contribution is -2.45. The van der Waals surface area contributed by atoms with E-state index in [2.05, 4.69) is 10.6 Å². The Balaban J connectivity index is 1.64. The third-order valence-electron chi connectivity index (χ3n) is 4.40. The van der Waals surface area contributed by atoms with Crippen molar-refractivity contribution in [3.8, 4) is 0 Å². The number of ketones is 1. The summed E-state index contributed by atoms with van der Waals surface area (Å²) in [5, 5.41) is 5.65. The lowest BCUT2D eigenvalue weighted by Gasteiger charge is -2.24. The number of Topliss-reactive ketones (excluding diaryl/α,β-unsaturated/α-hetero) is 1. The summed E-state index contributed by atoms with van der Waals surface area (Å²) in [6, 6.07) is 15.1. The Morgan fingerprint density at radius 1 is 0.923 bits per heavy atom. The average Bonchev–Trinajstić information content (AvgIpc) is 3.13. The molecule has 0 bridgehead atoms. The van der Waals surface area contributed by atoms with E-state index in [1.165, 1.54) is 6.92 Å². The van der Waals surface area contributed by atoms with Gasteiger partial charge in [0.25, 0.3) is 0 Å². The van der Waals surface area contributed by atoms with Gasteiger partial charge in [-0.05, 0) is 56.2 Å². The van der Waals surface area contributed by atoms with Crippen LogP contribution in [-0.4, -0.2) is 35.2 Å². The third-order valence-corrected chi connectivity index (χ3v) is 4.40. The van der Waals surface area contributed by atoms with Crippen molar-refractivity contribution in [2.75, 3.05) is 17.2 Å². The lowest BCUT2D eigenvalue weighted by molar-refractivity contribution is -0.119. The molecular formula is C20H21N3O3. The van der Waals surface area contributed by atoms with Crippen LogP contribution in [0.3, 0.4) is 0 Å². The molecule has 26 heavy (non-hydrogen) atoms. The first kappa shape index (κ1) is 17.7. The van der Waals surface area contributed by atoms with Gasteiger partial charge >= 0.3 is 6.03 Å². The molecule has 0 saturated carbocycles. The Labute approximate surface area is 152 Å². The van der Waals surface area contributed by atoms with Gasteiger partial charge in [-0.25, -0.2) is 4.79 Å². The van der Waals surface area contributed by atoms with Gasteiger partial charge in [0.05, 0.1) is 0 Å². The number of hydrogen-bond donors (Lipinski definition) is 2. The minimum absolute atomic E-state index is 0.0255. The monoisotopic (exact) mass is 351 g/mol. The molecule has 1 heterocycles. The van der Waals surface area contributed by atoms with Crippen LogP contribution in [0.4, 0.5) is 16.2 Å². The highest BCUT2D eigenvalue weighted by atomic mass is 16.2. The van der Waals surface area contributed by atoms with E-state index in [9.17, 15) is 14.4 Å². The van der Waals surface area contributed by atoms with Crippen LogP contribution in [-0.2, 0) is 4.79 Å². The first-order valence-corrected chi connectivity index (χ1v) is 8.59. The SMILES string of the molecule is CC(=O)c1ccc(NC(=O)C2CCCN2C(=O)Nc2ccccc2)cc1. The van der Waals surface area contributed by atoms with Crippen molar-refractivity contribution in [1.29, 1.82) is 0 Å². The Kier molecular flexibility index (Phi) is 5.31. The Morgan fingerprint density at radius 2 is 1.58 bits per heavy atom. The van der Waals surface area contributed by atoms with Gasteiger partial charge in [-0.1, -0.05) is 18.2 Å². The van der Waals surface area contributed by atoms with Crippen LogP contribution in [0.1, 0.15) is 30.1 Å². The van der Waals surface area contributed by atoms with Gasteiger partial charge in [0.2, 0.25) is 5.91 Å². The molecule has 6 nitrogen and oxygen atoms in total. The van der Waals surface area contributed by atoms with Crippen LogP contribution < -0.4 is 10.6 Å². The molecule has 1 aliphatic heterocycles. The van der Waals surface area contributed by atoms with Crippen LogP contribution in [0.5, 0.6) is 0 Å². The zero-order valence-electron chi connectivity index (χ0n) is 14.6. The van der Waals surface area contributed by atoms with E-state index in [4.69, 9.17) is 0 Å². The molecule has 1 saturated heterocycles. The maximum Gasteiger partial charge on any atom is 0.322 e. The fourth-order valence-electron chi connectivity index (χ4n) is 3.01. The molecule has 1 atom stereocenters. The highest BCUT2D eigenvalue weighted by Gasteiger charge is 2.34. The molecule has 0 spiro atoms. The summed E-state index contributed by atoms with van der Waals surface area (Å²) in [5.74, 6) is -0.247. The van der Waals surface area contributed by atoms with Crippen LogP contribution in [0.15, 0.2) is 54.6 Å². The largest absolute Gasteiger partial charge is 0.324 e. The van der Waals surface area contributed by atoms with Crippen LogP contribution >= 0.6 is 0 Å². The Bertz CT molecular complexity index is 803. The zero-order valence-corrected chi connectivity index (χ0v) is 14.6. The molecule has 0 aromatic heterocycles. The quantitative estimate of drug-likeness (QED) is 0.827. The van der Waals surface area contributed by atoms with E-state index in [0.717, 1.165) is 6.42 Å². The van der Waals surface area contributed by atoms with Gasteiger partial charge in [-0.2, -0.15) is 0 Å². The number of benzene rings is 2. The Hall–Kier alpha value is -3.15. The van der Waals surface area contributed by atoms with Crippen LogP contribution in [0.2, 0.25) is 0 Å². The fraction of sp³-hybridized carbons (Fsp3) is 0.250. The van der Waals surface area contributed by atoms with E-state index in [0.29, 0.717) is 29.9 Å². The van der Waals surface area contributed by atoms with E-state index in [1.54, 1.807) is 41.3 Å². The standard InChI is InChI=1S/C20H21N3O3/c1-14(24)15-9-11-17(12-10-15)21-19(25)18-8-5-13-23(18)20(26)22-16-6-3-2-4-7-16/h2-4,6-7,9-12,18H,5,8,13H2,1H3,(H,21,25)(H,22,26). The van der Waals surface area contributed by atoms with Crippen molar-refractivity contribution in [2.24, 2.45) is 0 Å². The molecule has 134 valence electrons. The number of nitrogens with one attached hydrogen (secondary N) is 2. The molecule has 3 rings (SSSR count). The third kappa shape index (κ3) is 4.08. The van der Waals surface area contributed by atoms with Crippen LogP contribution in [0, 0.1) is 0 Å². The summed E-state index contributed by atoms with van der Waals surface area (Å²) in [5.41, 5.74) is 1.89. The van der Waals surface area contributed by atoms with Crippen molar-refractivity contribution in [2.45, 2.75) is 25.8 Å². The maximum atomic E-state index is 12.6. The number of carbonyl (C=O) groups excluding carboxylic acids is 3. The molecule has 1 unspecified atom stereocenters. The topological polar surface area (TPSA) is 78.5 Å². The number of para-hydroxylation sites is 1. The van der Waals surface area contributed by atoms with Gasteiger partial charge in [0.1, 0.15) is 6.04 Å². The molecule has 2 aromatic carbocycles. The molecule has 1 aliphatic rings. The molecule has 2 N–H and O–H groups in total. The van der Waals surface area contributed by atoms with Crippen LogP contribution in [0.25, 0.3) is 0 Å². The highest BCUT2D eigenvalue weighted by Crippen LogP contribution is 2.21. The smallest absolute Gasteiger partial charge is 0.322 e. The predicted molar refractivity (Wildman–Crippen MR) is 100 cm³/mol. The van der Waals surface area contributed by atoms with Crippen molar-refractivity contribution < 1.29 is 14.4 Å². The van der Waals surface area contributed by atoms with Gasteiger partial charge in [-0.3, -0.25) is 9.59 Å². The summed E-state index contributed by atoms with van der Waals surface area (Å²) in [7, 11) is 0. The second-order valence-corrected chi connectivity index (χ2v) is 6.27. The molecule has 3 amide bonds. The molecular weight excluding hydrogens is 330 g/mol. The number of nitrogens with zero attached hydrogens (tertiary/aromatic N) is 1. The molecule has 0 aliphatic carbocycles. The van der Waals surface area contributed by atoms with Crippen molar-refractivity contribution in [3.05, 3.63) is 60.2 Å². The second kappa shape index (κ2) is 7.82. The van der Waals surface area contributed by atoms with E-state index >= 15 is 0 Å². The predicted octanol–water partition coefficient (Wildman–Crippen LogP) is 3.52. The summed E-state index contributed by atoms with van der Waals surface area (Å²) in [6.45, 7) is 2.04. The average molecular weight is 351 g/mol. The Morgan fingerprint density at radius 3 is 2.23 bits per heavy atom. The molecule has 0 radical (unpaired) electrons. The number of hydrogen-bond acceptors (Lipinski definition) is 3. The molecule has 6 heteroatoms. The van der Waals surface area contributed by atoms with Gasteiger partial charge in [0, 0.05) is 23.5 Å². The van der Waals surface area contributed by atoms with Gasteiger partial charge in [-0.15, -0.1) is 0 Å². The summed E-state index contributed by atoms with van der Waals surface area (Å²) in [4.78, 5) is 38.0. The summed E-state index contributed by atoms with van der Waals surface area (Å²) < 4.78 is 0. The van der Waals surface area contributed by atoms with E-state index in [1.807, 2.05) is 18.2 Å². The number of urea groups is 1. The minimum Gasteiger partial charge on any atom is -0.324 e. The molecule has 2 aromatic rings. The zero-order chi connectivity index (χ0) is 18.5. The number of rotatable bonds is 4. The lowest BCUT2D eigenvalue weighted by atomic mass is 10.1. The van der Waals surface area contributed by atoms with Gasteiger partial charge < -0.3 is 15.5 Å². The second-order valence-electron chi connectivity index (χ2n) is 6.27. The summed E-state index contributed by atoms with van der Waals surface area (Å²) >= 11 is 0. The first-order valence-electron chi connectivity index (χ1n) is 8.59. The summed E-state index contributed by atoms with van der Waals surface area (Å²) in [6.07, 6.45) is 1.41. The number of likely N-dealkylation sites (tertiary alicyclic amines) is 1. The number of amides is 3. The maximum absolute atomic E-state index is 12.6. The minimum atomic E-state index is -0.508. The fourth-order valence-corrected chi connectivity index (χ4v) is 3.01. The number of carbonyl (C=O) groups is 3. The van der Waals surface area contributed by atoms with Crippen molar-refractivity contribution in [1.82, 2.24) is 4.90 Å². The van der Waals surface area contributed by atoms with Crippen molar-refractivity contribution in [3.63, 3.8) is 0 Å². The van der Waals surface area contributed by atoms with E-state index in [-0.39, 0.29) is 17.7 Å². The number of anilines is 2. The van der Waals surface area contributed by atoms with E-state index < -0.39 is 6.04 Å². The van der Waals surface area contributed by atoms with Gasteiger partial charge in [0.15, 0.2) is 5.78 Å². The highest BCUT2D eigenvalue weighted by molar-refractivity contribution is 6.00.